The molecule has 0 saturated carbocycles. The largest absolute Gasteiger partial charge is 4.00 e. The molecule has 4 heteroatoms. The van der Waals surface area contributed by atoms with Crippen LogP contribution in [-0.2, 0) is 32.7 Å². The summed E-state index contributed by atoms with van der Waals surface area (Å²) < 4.78 is 0. The molecule has 0 aliphatic carbocycles. The first kappa shape index (κ1) is 182. The monoisotopic (exact) mass is 98.9 g/mol. The first-order chi connectivity index (χ1) is 0. The molecule has 0 unspecified atom stereocenters. The van der Waals surface area contributed by atoms with Gasteiger partial charge in [-0.05, 0) is 0 Å². The van der Waals surface area contributed by atoms with Crippen molar-refractivity contribution in [2.75, 3.05) is 0 Å². The predicted molar refractivity (Wildman–Crippen MR) is 1.37 cm³/mol. The molecule has 0 saturated heterocycles. The summed E-state index contributed by atoms with van der Waals surface area (Å²) in [6.45, 7) is 0. The Morgan fingerprint density at radius 3 is 0.750 bits per heavy atom. The van der Waals surface area contributed by atoms with E-state index < -0.39 is 0 Å². The van der Waals surface area contributed by atoms with Crippen LogP contribution in [0.5, 0.6) is 0 Å². The van der Waals surface area contributed by atoms with Crippen LogP contribution in [0.15, 0.2) is 0 Å². The van der Waals surface area contributed by atoms with Crippen molar-refractivity contribution in [2.24, 2.45) is 0 Å². The van der Waals surface area contributed by atoms with Gasteiger partial charge in [-0.25, -0.2) is 0 Å². The summed E-state index contributed by atoms with van der Waals surface area (Å²) in [7, 11) is 0. The maximum absolute atomic E-state index is 0. The molecule has 0 N–H and O–H groups in total. The van der Waals surface area contributed by atoms with Crippen LogP contribution in [0.2, 0.25) is 0 Å². The summed E-state index contributed by atoms with van der Waals surface area (Å²) in [6, 6.07) is 0. The zero-order valence-corrected chi connectivity index (χ0v) is 3.26. The standard InChI is InChI=1S/FH.2O.Ti/h1H;;;/q;2*-2;+4/p-1. The molecule has 0 aromatic heterocycles. The van der Waals surface area contributed by atoms with Crippen LogP contribution >= 0.6 is 0 Å². The smallest absolute Gasteiger partial charge is 2.00 e. The topological polar surface area (TPSA) is 57.0 Å². The van der Waals surface area contributed by atoms with Crippen molar-refractivity contribution < 1.29 is 37.4 Å². The first-order valence-electron chi connectivity index (χ1n) is 0. The minimum atomic E-state index is 0. The Bertz CT molecular complexity index is 6.00. The van der Waals surface area contributed by atoms with E-state index in [4.69, 9.17) is 0 Å². The third-order valence-electron chi connectivity index (χ3n) is 0. The van der Waals surface area contributed by atoms with Gasteiger partial charge in [0.15, 0.2) is 0 Å². The molecule has 0 heterocycles. The maximum Gasteiger partial charge on any atom is 4.00 e. The van der Waals surface area contributed by atoms with E-state index in [-0.39, 0.29) is 37.4 Å². The molecule has 0 aromatic rings. The first-order valence-corrected chi connectivity index (χ1v) is 0. The van der Waals surface area contributed by atoms with Crippen LogP contribution in [0.25, 0.3) is 0 Å². The molecular formula is FO2Ti-. The molecule has 24 valence electrons. The Hall–Kier alpha value is 0.564. The van der Waals surface area contributed by atoms with Crippen molar-refractivity contribution in [3.8, 4) is 0 Å². The van der Waals surface area contributed by atoms with Crippen molar-refractivity contribution in [1.82, 2.24) is 0 Å². The Balaban J connectivity index is 0. The van der Waals surface area contributed by atoms with Crippen LogP contribution in [-0.4, -0.2) is 0 Å². The predicted octanol–water partition coefficient (Wildman–Crippen LogP) is -3.24. The molecule has 0 aliphatic heterocycles. The quantitative estimate of drug-likeness (QED) is 0.286. The van der Waals surface area contributed by atoms with Gasteiger partial charge in [-0.2, -0.15) is 0 Å². The fourth-order valence-corrected chi connectivity index (χ4v) is 0. The summed E-state index contributed by atoms with van der Waals surface area (Å²) in [5.74, 6) is 0. The van der Waals surface area contributed by atoms with Gasteiger partial charge < -0.3 is 15.7 Å². The molecule has 0 aromatic carbocycles. The summed E-state index contributed by atoms with van der Waals surface area (Å²) >= 11 is 0. The Kier molecular flexibility index (Phi) is 3350. The van der Waals surface area contributed by atoms with Crippen molar-refractivity contribution >= 4 is 0 Å². The van der Waals surface area contributed by atoms with Gasteiger partial charge in [0.25, 0.3) is 0 Å². The molecule has 0 amide bonds. The van der Waals surface area contributed by atoms with Crippen molar-refractivity contribution in [2.45, 2.75) is 0 Å². The van der Waals surface area contributed by atoms with Gasteiger partial charge in [0.05, 0.1) is 0 Å². The fraction of sp³-hybridized carbons (Fsp3) is 0. The van der Waals surface area contributed by atoms with E-state index in [2.05, 4.69) is 0 Å². The molecule has 0 aliphatic rings. The van der Waals surface area contributed by atoms with Gasteiger partial charge in [0.1, 0.15) is 0 Å². The Labute approximate surface area is 38.1 Å². The van der Waals surface area contributed by atoms with Gasteiger partial charge >= 0.3 is 21.7 Å². The normalized spacial score (nSPS) is 0. The van der Waals surface area contributed by atoms with Gasteiger partial charge in [-0.1, -0.05) is 0 Å². The Morgan fingerprint density at radius 1 is 0.750 bits per heavy atom. The average molecular weight is 98.9 g/mol. The number of hydrogen-bond acceptors (Lipinski definition) is 0. The minimum absolute atomic E-state index is 0. The molecule has 0 radical (unpaired) electrons. The van der Waals surface area contributed by atoms with Gasteiger partial charge in [0.2, 0.25) is 0 Å². The molecule has 0 rings (SSSR count). The molecule has 0 spiro atoms. The van der Waals surface area contributed by atoms with E-state index in [1.165, 1.54) is 0 Å². The molecule has 0 atom stereocenters. The second-order valence-corrected chi connectivity index (χ2v) is 0. The van der Waals surface area contributed by atoms with Gasteiger partial charge in [0, 0.05) is 0 Å². The maximum atomic E-state index is 0. The average Bonchev–Trinajstić information content (AvgIpc) is 0. The fourth-order valence-electron chi connectivity index (χ4n) is 0. The van der Waals surface area contributed by atoms with E-state index in [1.54, 1.807) is 0 Å². The summed E-state index contributed by atoms with van der Waals surface area (Å²) in [6.07, 6.45) is 0. The van der Waals surface area contributed by atoms with E-state index in [1.807, 2.05) is 0 Å². The zero-order chi connectivity index (χ0) is 0. The van der Waals surface area contributed by atoms with Crippen LogP contribution in [0.3, 0.4) is 0 Å². The van der Waals surface area contributed by atoms with Crippen molar-refractivity contribution in [3.63, 3.8) is 0 Å². The van der Waals surface area contributed by atoms with Crippen LogP contribution in [0, 0.1) is 0 Å². The summed E-state index contributed by atoms with van der Waals surface area (Å²) in [4.78, 5) is 0. The Morgan fingerprint density at radius 2 is 0.750 bits per heavy atom. The van der Waals surface area contributed by atoms with Crippen molar-refractivity contribution in [1.29, 1.82) is 0 Å². The molecule has 2 nitrogen and oxygen atoms in total. The van der Waals surface area contributed by atoms with Crippen LogP contribution in [0.1, 0.15) is 0 Å². The second kappa shape index (κ2) is 73.6. The van der Waals surface area contributed by atoms with Crippen LogP contribution in [0.4, 0.5) is 0 Å². The minimum Gasteiger partial charge on any atom is -2.00 e. The number of rotatable bonds is 0. The molecular weight excluding hydrogens is 98.9 g/mol. The molecule has 0 bridgehead atoms. The number of hydrogen-bond donors (Lipinski definition) is 0. The third-order valence-corrected chi connectivity index (χ3v) is 0. The summed E-state index contributed by atoms with van der Waals surface area (Å²) in [5.41, 5.74) is 0. The van der Waals surface area contributed by atoms with Gasteiger partial charge in [-0.3, -0.25) is 0 Å². The van der Waals surface area contributed by atoms with Gasteiger partial charge in [-0.15, -0.1) is 0 Å². The number of halogens is 1. The third kappa shape index (κ3) is 19.7. The molecule has 0 fully saturated rings. The van der Waals surface area contributed by atoms with Crippen LogP contribution < -0.4 is 4.70 Å². The van der Waals surface area contributed by atoms with E-state index in [9.17, 15) is 0 Å². The zero-order valence-electron chi connectivity index (χ0n) is 1.69. The van der Waals surface area contributed by atoms with E-state index in [0.717, 1.165) is 0 Å². The summed E-state index contributed by atoms with van der Waals surface area (Å²) in [5, 5.41) is 0. The molecule has 4 heavy (non-hydrogen) atoms. The van der Waals surface area contributed by atoms with E-state index in [0.29, 0.717) is 0 Å². The van der Waals surface area contributed by atoms with Crippen molar-refractivity contribution in [3.05, 3.63) is 0 Å². The SMILES string of the molecule is [F-].[O-2].[O-2].[Ti+4]. The van der Waals surface area contributed by atoms with E-state index >= 15 is 0 Å². The second-order valence-electron chi connectivity index (χ2n) is 0.